The number of carbonyl (C=O) groups is 6. The molecule has 0 bridgehead atoms. The summed E-state index contributed by atoms with van der Waals surface area (Å²) in [5, 5.41) is 32.6. The lowest BCUT2D eigenvalue weighted by atomic mass is 10.2. The average Bonchev–Trinajstić information content (AvgIpc) is 2.62. The Morgan fingerprint density at radius 2 is 0.750 bits per heavy atom. The van der Waals surface area contributed by atoms with Gasteiger partial charge < -0.3 is 20.4 Å². The van der Waals surface area contributed by atoms with Crippen molar-refractivity contribution in [1.82, 2.24) is 0 Å². The molecule has 0 rings (SSSR count). The first kappa shape index (κ1) is 36.7. The van der Waals surface area contributed by atoms with Gasteiger partial charge in [0.15, 0.2) is 0 Å². The minimum atomic E-state index is -1.03. The van der Waals surface area contributed by atoms with E-state index in [1.807, 2.05) is 27.7 Å². The van der Waals surface area contributed by atoms with Gasteiger partial charge in [0, 0.05) is 19.3 Å². The first-order valence-electron chi connectivity index (χ1n) is 10.6. The molecule has 0 aromatic heterocycles. The van der Waals surface area contributed by atoms with Crippen LogP contribution in [0.25, 0.3) is 0 Å². The summed E-state index contributed by atoms with van der Waals surface area (Å²) in [6.45, 7) is 9.27. The number of aliphatic hydroxyl groups excluding tert-OH is 1. The largest absolute Gasteiger partial charge is 0.481 e. The molecule has 188 valence electrons. The van der Waals surface area contributed by atoms with Crippen LogP contribution in [-0.2, 0) is 28.8 Å². The van der Waals surface area contributed by atoms with Gasteiger partial charge in [-0.3, -0.25) is 28.8 Å². The monoisotopic (exact) mass is 464 g/mol. The van der Waals surface area contributed by atoms with E-state index in [0.29, 0.717) is 19.3 Å². The Morgan fingerprint density at radius 1 is 0.562 bits per heavy atom. The molecular formula is C22H40O10. The maximum Gasteiger partial charge on any atom is 0.310 e. The fourth-order valence-corrected chi connectivity index (χ4v) is 1.61. The minimum absolute atomic E-state index is 0.116. The van der Waals surface area contributed by atoms with Crippen molar-refractivity contribution in [3.63, 3.8) is 0 Å². The second kappa shape index (κ2) is 26.4. The highest BCUT2D eigenvalue weighted by molar-refractivity contribution is 5.95. The molecule has 0 amide bonds. The molecule has 0 aliphatic heterocycles. The van der Waals surface area contributed by atoms with Crippen LogP contribution in [0.15, 0.2) is 0 Å². The minimum Gasteiger partial charge on any atom is -0.481 e. The Kier molecular flexibility index (Phi) is 30.3. The number of Topliss-reactive ketones (excluding diaryl/α,β-unsaturated/α-hetero) is 3. The SMILES string of the molecule is CCC(C)O.CCCC(=O)CC(=O)O.CCCC(=O)CC(=O)O.CCCC(=O)CC(=O)O. The number of hydrogen-bond donors (Lipinski definition) is 4. The quantitative estimate of drug-likeness (QED) is 0.295. The van der Waals surface area contributed by atoms with E-state index in [1.54, 1.807) is 6.92 Å². The summed E-state index contributed by atoms with van der Waals surface area (Å²) in [6.07, 6.45) is 3.10. The van der Waals surface area contributed by atoms with Gasteiger partial charge in [0.2, 0.25) is 0 Å². The lowest BCUT2D eigenvalue weighted by Gasteiger charge is -1.90. The highest BCUT2D eigenvalue weighted by Gasteiger charge is 2.06. The summed E-state index contributed by atoms with van der Waals surface area (Å²) >= 11 is 0. The summed E-state index contributed by atoms with van der Waals surface area (Å²) in [4.78, 5) is 61.0. The molecule has 4 N–H and O–H groups in total. The zero-order valence-corrected chi connectivity index (χ0v) is 19.9. The van der Waals surface area contributed by atoms with Crippen molar-refractivity contribution in [1.29, 1.82) is 0 Å². The van der Waals surface area contributed by atoms with Crippen molar-refractivity contribution in [3.8, 4) is 0 Å². The van der Waals surface area contributed by atoms with Gasteiger partial charge >= 0.3 is 17.9 Å². The fraction of sp³-hybridized carbons (Fsp3) is 0.727. The van der Waals surface area contributed by atoms with Gasteiger partial charge in [0.1, 0.15) is 36.6 Å². The van der Waals surface area contributed by atoms with Crippen LogP contribution in [0.4, 0.5) is 0 Å². The molecule has 32 heavy (non-hydrogen) atoms. The molecule has 10 heteroatoms. The maximum absolute atomic E-state index is 10.5. The van der Waals surface area contributed by atoms with Crippen molar-refractivity contribution in [2.75, 3.05) is 0 Å². The molecular weight excluding hydrogens is 424 g/mol. The van der Waals surface area contributed by atoms with Crippen LogP contribution in [0.1, 0.15) is 98.8 Å². The van der Waals surface area contributed by atoms with Crippen LogP contribution in [-0.4, -0.2) is 61.8 Å². The number of ketones is 3. The van der Waals surface area contributed by atoms with E-state index in [1.165, 1.54) is 0 Å². The van der Waals surface area contributed by atoms with Crippen molar-refractivity contribution in [2.45, 2.75) is 105 Å². The number of carboxylic acid groups (broad SMARTS) is 3. The van der Waals surface area contributed by atoms with Gasteiger partial charge in [-0.15, -0.1) is 0 Å². The van der Waals surface area contributed by atoms with Crippen LogP contribution < -0.4 is 0 Å². The molecule has 0 heterocycles. The Hall–Kier alpha value is -2.62. The van der Waals surface area contributed by atoms with Crippen molar-refractivity contribution in [2.24, 2.45) is 0 Å². The smallest absolute Gasteiger partial charge is 0.310 e. The third-order valence-corrected chi connectivity index (χ3v) is 3.22. The molecule has 0 aromatic carbocycles. The number of aliphatic hydroxyl groups is 1. The summed E-state index contributed by atoms with van der Waals surface area (Å²) in [7, 11) is 0. The van der Waals surface area contributed by atoms with Crippen LogP contribution in [0.2, 0.25) is 0 Å². The third kappa shape index (κ3) is 45.9. The Labute approximate surface area is 190 Å². The number of rotatable bonds is 13. The number of carbonyl (C=O) groups excluding carboxylic acids is 3. The average molecular weight is 465 g/mol. The van der Waals surface area contributed by atoms with E-state index in [9.17, 15) is 28.8 Å². The normalized spacial score (nSPS) is 9.94. The predicted molar refractivity (Wildman–Crippen MR) is 118 cm³/mol. The molecule has 0 radical (unpaired) electrons. The van der Waals surface area contributed by atoms with Crippen LogP contribution in [0.5, 0.6) is 0 Å². The maximum atomic E-state index is 10.5. The highest BCUT2D eigenvalue weighted by Crippen LogP contribution is 1.94. The van der Waals surface area contributed by atoms with Gasteiger partial charge in [-0.05, 0) is 32.6 Å². The van der Waals surface area contributed by atoms with Crippen molar-refractivity contribution >= 4 is 35.3 Å². The summed E-state index contributed by atoms with van der Waals surface area (Å²) in [6, 6.07) is 0. The lowest BCUT2D eigenvalue weighted by Crippen LogP contribution is -2.05. The van der Waals surface area contributed by atoms with Crippen LogP contribution in [0.3, 0.4) is 0 Å². The van der Waals surface area contributed by atoms with Gasteiger partial charge in [-0.2, -0.15) is 0 Å². The van der Waals surface area contributed by atoms with E-state index in [4.69, 9.17) is 20.4 Å². The van der Waals surface area contributed by atoms with Crippen LogP contribution in [0, 0.1) is 0 Å². The van der Waals surface area contributed by atoms with Crippen LogP contribution >= 0.6 is 0 Å². The molecule has 0 aliphatic rings. The molecule has 0 saturated carbocycles. The molecule has 1 atom stereocenters. The zero-order chi connectivity index (χ0) is 26.1. The summed E-state index contributed by atoms with van der Waals surface area (Å²) < 4.78 is 0. The van der Waals surface area contributed by atoms with Crippen molar-refractivity contribution < 1.29 is 49.2 Å². The summed E-state index contributed by atoms with van der Waals surface area (Å²) in [5.74, 6) is -3.67. The van der Waals surface area contributed by atoms with E-state index < -0.39 is 17.9 Å². The lowest BCUT2D eigenvalue weighted by molar-refractivity contribution is -0.141. The molecule has 0 aromatic rings. The Morgan fingerprint density at radius 3 is 0.844 bits per heavy atom. The van der Waals surface area contributed by atoms with Gasteiger partial charge in [-0.1, -0.05) is 27.7 Å². The topological polar surface area (TPSA) is 183 Å². The number of aliphatic carboxylic acids is 3. The van der Waals surface area contributed by atoms with E-state index in [-0.39, 0.29) is 42.7 Å². The van der Waals surface area contributed by atoms with Gasteiger partial charge in [0.05, 0.1) is 6.10 Å². The Bertz CT molecular complexity index is 482. The second-order valence-corrected chi connectivity index (χ2v) is 6.83. The Balaban J connectivity index is -0.000000167. The molecule has 0 fully saturated rings. The van der Waals surface area contributed by atoms with E-state index in [2.05, 4.69) is 0 Å². The summed E-state index contributed by atoms with van der Waals surface area (Å²) in [5.41, 5.74) is 0. The molecule has 1 unspecified atom stereocenters. The molecule has 10 nitrogen and oxygen atoms in total. The first-order valence-corrected chi connectivity index (χ1v) is 10.6. The fourth-order valence-electron chi connectivity index (χ4n) is 1.61. The van der Waals surface area contributed by atoms with E-state index in [0.717, 1.165) is 25.7 Å². The van der Waals surface area contributed by atoms with E-state index >= 15 is 0 Å². The first-order chi connectivity index (χ1) is 14.8. The van der Waals surface area contributed by atoms with Gasteiger partial charge in [0.25, 0.3) is 0 Å². The molecule has 0 spiro atoms. The third-order valence-electron chi connectivity index (χ3n) is 3.22. The number of carboxylic acids is 3. The predicted octanol–water partition coefficient (Wildman–Crippen LogP) is 3.27. The highest BCUT2D eigenvalue weighted by atomic mass is 16.4. The number of hydrogen-bond acceptors (Lipinski definition) is 7. The molecule has 0 saturated heterocycles. The van der Waals surface area contributed by atoms with Gasteiger partial charge in [-0.25, -0.2) is 0 Å². The van der Waals surface area contributed by atoms with Crippen molar-refractivity contribution in [3.05, 3.63) is 0 Å². The second-order valence-electron chi connectivity index (χ2n) is 6.83. The zero-order valence-electron chi connectivity index (χ0n) is 19.9. The standard InChI is InChI=1S/3C6H10O3.C4H10O/c3*1-2-3-5(7)4-6(8)9;1-3-4(2)5/h3*2-4H2,1H3,(H,8,9);4-5H,3H2,1-2H3. The molecule has 0 aliphatic carbocycles.